The van der Waals surface area contributed by atoms with E-state index in [1.54, 1.807) is 42.5 Å². The highest BCUT2D eigenvalue weighted by molar-refractivity contribution is 6.52. The molecule has 0 saturated carbocycles. The first kappa shape index (κ1) is 21.3. The van der Waals surface area contributed by atoms with Crippen LogP contribution in [0.1, 0.15) is 22.9 Å². The van der Waals surface area contributed by atoms with Gasteiger partial charge in [-0.05, 0) is 55.5 Å². The number of nitrogens with zero attached hydrogens (tertiary/aromatic N) is 1. The van der Waals surface area contributed by atoms with Gasteiger partial charge in [0.1, 0.15) is 5.76 Å². The van der Waals surface area contributed by atoms with Crippen LogP contribution in [-0.4, -0.2) is 28.6 Å². The van der Waals surface area contributed by atoms with Gasteiger partial charge in [0.15, 0.2) is 11.5 Å². The lowest BCUT2D eigenvalue weighted by atomic mass is 9.93. The average molecular weight is 487 g/mol. The summed E-state index contributed by atoms with van der Waals surface area (Å²) >= 11 is 6.08. The van der Waals surface area contributed by atoms with E-state index in [-0.39, 0.29) is 18.1 Å². The highest BCUT2D eigenvalue weighted by Crippen LogP contribution is 2.46. The molecule has 1 atom stereocenters. The number of halogens is 1. The fraction of sp³-hybridized carbons (Fsp3) is 0.111. The molecule has 4 aromatic rings. The number of anilines is 1. The third kappa shape index (κ3) is 3.27. The van der Waals surface area contributed by atoms with Crippen molar-refractivity contribution in [3.8, 4) is 11.5 Å². The zero-order chi connectivity index (χ0) is 24.3. The van der Waals surface area contributed by atoms with Crippen molar-refractivity contribution in [3.63, 3.8) is 0 Å². The number of H-pyrrole nitrogens is 1. The monoisotopic (exact) mass is 486 g/mol. The van der Waals surface area contributed by atoms with Gasteiger partial charge in [-0.15, -0.1) is 0 Å². The molecule has 3 aromatic carbocycles. The van der Waals surface area contributed by atoms with E-state index in [1.165, 1.54) is 4.90 Å². The molecule has 3 heterocycles. The fourth-order valence-electron chi connectivity index (χ4n) is 4.82. The standard InChI is InChI=1S/C27H19ClN2O5/c1-14-22(18-4-2-3-5-19(18)29-14)24-23(25(31)15-6-11-20-21(12-15)35-13-34-20)26(32)27(33)30(24)17-9-7-16(28)8-10-17/h2-12,24,29,31H,13H2,1H3/b25-23+. The zero-order valence-electron chi connectivity index (χ0n) is 18.5. The molecule has 0 radical (unpaired) electrons. The van der Waals surface area contributed by atoms with Gasteiger partial charge < -0.3 is 19.6 Å². The summed E-state index contributed by atoms with van der Waals surface area (Å²) in [6.45, 7) is 1.97. The summed E-state index contributed by atoms with van der Waals surface area (Å²) in [6, 6.07) is 18.4. The predicted molar refractivity (Wildman–Crippen MR) is 132 cm³/mol. The van der Waals surface area contributed by atoms with E-state index in [9.17, 15) is 14.7 Å². The molecule has 1 saturated heterocycles. The second kappa shape index (κ2) is 7.92. The van der Waals surface area contributed by atoms with Gasteiger partial charge in [-0.2, -0.15) is 0 Å². The van der Waals surface area contributed by atoms with Crippen LogP contribution >= 0.6 is 11.6 Å². The Hall–Kier alpha value is -4.23. The Morgan fingerprint density at radius 3 is 2.57 bits per heavy atom. The summed E-state index contributed by atoms with van der Waals surface area (Å²) in [5.74, 6) is -0.783. The number of ketones is 1. The lowest BCUT2D eigenvalue weighted by molar-refractivity contribution is -0.132. The highest BCUT2D eigenvalue weighted by Gasteiger charge is 2.48. The van der Waals surface area contributed by atoms with Crippen molar-refractivity contribution in [2.24, 2.45) is 0 Å². The van der Waals surface area contributed by atoms with Gasteiger partial charge in [0.2, 0.25) is 6.79 Å². The van der Waals surface area contributed by atoms with Crippen LogP contribution in [0.2, 0.25) is 5.02 Å². The van der Waals surface area contributed by atoms with Crippen molar-refractivity contribution >= 4 is 45.6 Å². The molecular weight excluding hydrogens is 468 g/mol. The number of aromatic nitrogens is 1. The number of hydrogen-bond acceptors (Lipinski definition) is 5. The average Bonchev–Trinajstić information content (AvgIpc) is 3.53. The molecular formula is C27H19ClN2O5. The summed E-state index contributed by atoms with van der Waals surface area (Å²) in [4.78, 5) is 31.6. The molecule has 0 spiro atoms. The minimum atomic E-state index is -0.863. The van der Waals surface area contributed by atoms with Gasteiger partial charge in [0.25, 0.3) is 11.7 Å². The van der Waals surface area contributed by atoms with Crippen molar-refractivity contribution in [2.45, 2.75) is 13.0 Å². The predicted octanol–water partition coefficient (Wildman–Crippen LogP) is 5.48. The number of carbonyl (C=O) groups excluding carboxylic acids is 2. The summed E-state index contributed by atoms with van der Waals surface area (Å²) in [5, 5.41) is 12.8. The lowest BCUT2D eigenvalue weighted by Crippen LogP contribution is -2.29. The maximum absolute atomic E-state index is 13.5. The molecule has 174 valence electrons. The fourth-order valence-corrected chi connectivity index (χ4v) is 4.95. The van der Waals surface area contributed by atoms with E-state index >= 15 is 0 Å². The van der Waals surface area contributed by atoms with E-state index in [1.807, 2.05) is 31.2 Å². The first-order chi connectivity index (χ1) is 16.9. The number of fused-ring (bicyclic) bond motifs is 2. The number of aromatic amines is 1. The Morgan fingerprint density at radius 1 is 1.03 bits per heavy atom. The number of rotatable bonds is 3. The Labute approximate surface area is 205 Å². The number of aliphatic hydroxyl groups excluding tert-OH is 1. The number of aliphatic hydroxyl groups is 1. The molecule has 1 amide bonds. The Kier molecular flexibility index (Phi) is 4.82. The summed E-state index contributed by atoms with van der Waals surface area (Å²) < 4.78 is 10.8. The highest BCUT2D eigenvalue weighted by atomic mass is 35.5. The number of para-hydroxylation sites is 1. The minimum Gasteiger partial charge on any atom is -0.507 e. The molecule has 1 fully saturated rings. The number of nitrogens with one attached hydrogen (secondary N) is 1. The van der Waals surface area contributed by atoms with Crippen LogP contribution in [0.25, 0.3) is 16.7 Å². The van der Waals surface area contributed by atoms with Gasteiger partial charge in [0.05, 0.1) is 11.6 Å². The zero-order valence-corrected chi connectivity index (χ0v) is 19.3. The quantitative estimate of drug-likeness (QED) is 0.227. The smallest absolute Gasteiger partial charge is 0.300 e. The maximum Gasteiger partial charge on any atom is 0.300 e. The lowest BCUT2D eigenvalue weighted by Gasteiger charge is -2.26. The maximum atomic E-state index is 13.5. The van der Waals surface area contributed by atoms with Crippen LogP contribution < -0.4 is 14.4 Å². The SMILES string of the molecule is Cc1[nH]c2ccccc2c1C1/C(=C(\O)c2ccc3c(c2)OCO3)C(=O)C(=O)N1c1ccc(Cl)cc1. The van der Waals surface area contributed by atoms with Gasteiger partial charge >= 0.3 is 0 Å². The Morgan fingerprint density at radius 2 is 1.77 bits per heavy atom. The van der Waals surface area contributed by atoms with E-state index < -0.39 is 17.7 Å². The van der Waals surface area contributed by atoms with Gasteiger partial charge in [0, 0.05) is 38.4 Å². The number of Topliss-reactive ketones (excluding diaryl/α,β-unsaturated/α-hetero) is 1. The number of carbonyl (C=O) groups is 2. The normalized spacial score (nSPS) is 18.6. The van der Waals surface area contributed by atoms with Crippen molar-refractivity contribution in [3.05, 3.63) is 94.1 Å². The molecule has 2 aliphatic heterocycles. The van der Waals surface area contributed by atoms with Gasteiger partial charge in [-0.1, -0.05) is 29.8 Å². The third-order valence-corrected chi connectivity index (χ3v) is 6.66. The Bertz CT molecular complexity index is 1550. The largest absolute Gasteiger partial charge is 0.507 e. The molecule has 1 unspecified atom stereocenters. The van der Waals surface area contributed by atoms with Gasteiger partial charge in [-0.25, -0.2) is 0 Å². The molecule has 0 bridgehead atoms. The van der Waals surface area contributed by atoms with Crippen LogP contribution in [0, 0.1) is 6.92 Å². The third-order valence-electron chi connectivity index (χ3n) is 6.41. The Balaban J connectivity index is 1.62. The number of benzene rings is 3. The van der Waals surface area contributed by atoms with E-state index in [0.29, 0.717) is 27.8 Å². The molecule has 2 N–H and O–H groups in total. The van der Waals surface area contributed by atoms with E-state index in [2.05, 4.69) is 4.98 Å². The topological polar surface area (TPSA) is 91.9 Å². The first-order valence-corrected chi connectivity index (χ1v) is 11.4. The van der Waals surface area contributed by atoms with Crippen LogP contribution in [-0.2, 0) is 9.59 Å². The van der Waals surface area contributed by atoms with Crippen molar-refractivity contribution < 1.29 is 24.2 Å². The summed E-state index contributed by atoms with van der Waals surface area (Å²) in [7, 11) is 0. The number of ether oxygens (including phenoxy) is 2. The molecule has 1 aromatic heterocycles. The van der Waals surface area contributed by atoms with Crippen LogP contribution in [0.5, 0.6) is 11.5 Å². The van der Waals surface area contributed by atoms with Gasteiger partial charge in [-0.3, -0.25) is 14.5 Å². The molecule has 7 nitrogen and oxygen atoms in total. The molecule has 6 rings (SSSR count). The second-order valence-corrected chi connectivity index (χ2v) is 8.86. The van der Waals surface area contributed by atoms with Crippen LogP contribution in [0.3, 0.4) is 0 Å². The molecule has 0 aliphatic carbocycles. The van der Waals surface area contributed by atoms with Crippen LogP contribution in [0.15, 0.2) is 72.3 Å². The number of amides is 1. The molecule has 8 heteroatoms. The number of aryl methyl sites for hydroxylation is 1. The van der Waals surface area contributed by atoms with Crippen molar-refractivity contribution in [1.29, 1.82) is 0 Å². The first-order valence-electron chi connectivity index (χ1n) is 11.0. The van der Waals surface area contributed by atoms with E-state index in [0.717, 1.165) is 22.2 Å². The van der Waals surface area contributed by atoms with Crippen LogP contribution in [0.4, 0.5) is 5.69 Å². The minimum absolute atomic E-state index is 0.00308. The van der Waals surface area contributed by atoms with Crippen molar-refractivity contribution in [1.82, 2.24) is 4.98 Å². The second-order valence-electron chi connectivity index (χ2n) is 8.42. The summed E-state index contributed by atoms with van der Waals surface area (Å²) in [5.41, 5.74) is 3.23. The number of hydrogen-bond donors (Lipinski definition) is 2. The summed E-state index contributed by atoms with van der Waals surface area (Å²) in [6.07, 6.45) is 0. The molecule has 2 aliphatic rings. The molecule has 35 heavy (non-hydrogen) atoms. The van der Waals surface area contributed by atoms with Crippen molar-refractivity contribution in [2.75, 3.05) is 11.7 Å². The van der Waals surface area contributed by atoms with E-state index in [4.69, 9.17) is 21.1 Å².